The second kappa shape index (κ2) is 6.64. The molecule has 2 unspecified atom stereocenters. The van der Waals surface area contributed by atoms with Crippen LogP contribution in [0.1, 0.15) is 18.1 Å². The van der Waals surface area contributed by atoms with Crippen LogP contribution in [0.5, 0.6) is 0 Å². The zero-order chi connectivity index (χ0) is 12.8. The van der Waals surface area contributed by atoms with Crippen LogP contribution in [-0.4, -0.2) is 35.7 Å². The predicted molar refractivity (Wildman–Crippen MR) is 65.8 cm³/mol. The highest BCUT2D eigenvalue weighted by Gasteiger charge is 2.21. The lowest BCUT2D eigenvalue weighted by molar-refractivity contribution is -0.144. The van der Waals surface area contributed by atoms with E-state index in [2.05, 4.69) is 4.74 Å². The maximum Gasteiger partial charge on any atom is 0.308 e. The molecule has 1 aromatic carbocycles. The van der Waals surface area contributed by atoms with Gasteiger partial charge in [-0.15, -0.1) is 11.8 Å². The molecular formula is C12H16O4S. The molecule has 17 heavy (non-hydrogen) atoms. The standard InChI is InChI=1S/C12H16O4S/c1-16-11(14)7-10(13)12(15)8-4-3-5-9(6-8)17-2/h3-6,10,12-13,15H,7H2,1-2H3. The number of methoxy groups -OCH3 is 1. The second-order valence-electron chi connectivity index (χ2n) is 3.57. The molecule has 0 saturated carbocycles. The molecule has 94 valence electrons. The van der Waals surface area contributed by atoms with Gasteiger partial charge in [-0.2, -0.15) is 0 Å². The van der Waals surface area contributed by atoms with Crippen molar-refractivity contribution in [3.05, 3.63) is 29.8 Å². The van der Waals surface area contributed by atoms with E-state index in [4.69, 9.17) is 0 Å². The lowest BCUT2D eigenvalue weighted by atomic mass is 10.0. The van der Waals surface area contributed by atoms with Crippen molar-refractivity contribution in [2.24, 2.45) is 0 Å². The number of hydrogen-bond donors (Lipinski definition) is 2. The highest BCUT2D eigenvalue weighted by molar-refractivity contribution is 7.98. The summed E-state index contributed by atoms with van der Waals surface area (Å²) in [5.74, 6) is -0.544. The fraction of sp³-hybridized carbons (Fsp3) is 0.417. The fourth-order valence-corrected chi connectivity index (χ4v) is 1.88. The third kappa shape index (κ3) is 4.03. The average Bonchev–Trinajstić information content (AvgIpc) is 2.37. The highest BCUT2D eigenvalue weighted by Crippen LogP contribution is 2.23. The average molecular weight is 256 g/mol. The molecule has 0 aliphatic rings. The van der Waals surface area contributed by atoms with Gasteiger partial charge >= 0.3 is 5.97 Å². The molecule has 0 bridgehead atoms. The lowest BCUT2D eigenvalue weighted by Crippen LogP contribution is -2.22. The van der Waals surface area contributed by atoms with Gasteiger partial charge in [0.25, 0.3) is 0 Å². The Balaban J connectivity index is 2.73. The van der Waals surface area contributed by atoms with Crippen LogP contribution in [0.25, 0.3) is 0 Å². The summed E-state index contributed by atoms with van der Waals surface area (Å²) in [6, 6.07) is 7.21. The number of benzene rings is 1. The van der Waals surface area contributed by atoms with Gasteiger partial charge in [0.1, 0.15) is 6.10 Å². The van der Waals surface area contributed by atoms with Crippen molar-refractivity contribution in [3.63, 3.8) is 0 Å². The highest BCUT2D eigenvalue weighted by atomic mass is 32.2. The molecule has 0 fully saturated rings. The molecule has 0 aliphatic heterocycles. The van der Waals surface area contributed by atoms with Crippen molar-refractivity contribution in [1.29, 1.82) is 0 Å². The first-order valence-electron chi connectivity index (χ1n) is 5.15. The Bertz CT molecular complexity index is 381. The predicted octanol–water partition coefficient (Wildman–Crippen LogP) is 1.37. The molecular weight excluding hydrogens is 240 g/mol. The van der Waals surface area contributed by atoms with Gasteiger partial charge in [-0.3, -0.25) is 4.79 Å². The van der Waals surface area contributed by atoms with Crippen molar-refractivity contribution in [2.75, 3.05) is 13.4 Å². The number of thioether (sulfide) groups is 1. The Morgan fingerprint density at radius 1 is 1.47 bits per heavy atom. The van der Waals surface area contributed by atoms with E-state index in [0.29, 0.717) is 5.56 Å². The maximum absolute atomic E-state index is 11.0. The molecule has 0 amide bonds. The van der Waals surface area contributed by atoms with Gasteiger partial charge in [0.15, 0.2) is 0 Å². The molecule has 0 aromatic heterocycles. The van der Waals surface area contributed by atoms with E-state index in [0.717, 1.165) is 4.90 Å². The van der Waals surface area contributed by atoms with Crippen LogP contribution in [-0.2, 0) is 9.53 Å². The smallest absolute Gasteiger partial charge is 0.308 e. The molecule has 4 nitrogen and oxygen atoms in total. The summed E-state index contributed by atoms with van der Waals surface area (Å²) in [7, 11) is 1.25. The van der Waals surface area contributed by atoms with Crippen molar-refractivity contribution in [2.45, 2.75) is 23.5 Å². The van der Waals surface area contributed by atoms with Crippen molar-refractivity contribution in [3.8, 4) is 0 Å². The summed E-state index contributed by atoms with van der Waals surface area (Å²) in [4.78, 5) is 12.0. The Hall–Kier alpha value is -1.04. The summed E-state index contributed by atoms with van der Waals surface area (Å²) in [5, 5.41) is 19.6. The molecule has 0 radical (unpaired) electrons. The molecule has 2 N–H and O–H groups in total. The molecule has 2 atom stereocenters. The van der Waals surface area contributed by atoms with Gasteiger partial charge in [-0.1, -0.05) is 12.1 Å². The van der Waals surface area contributed by atoms with E-state index in [-0.39, 0.29) is 6.42 Å². The first kappa shape index (κ1) is 14.0. The molecule has 0 aliphatic carbocycles. The third-order valence-corrected chi connectivity index (χ3v) is 3.13. The van der Waals surface area contributed by atoms with Crippen molar-refractivity contribution in [1.82, 2.24) is 0 Å². The van der Waals surface area contributed by atoms with Gasteiger partial charge in [0, 0.05) is 4.90 Å². The summed E-state index contributed by atoms with van der Waals surface area (Å²) in [6.07, 6.45) is -0.530. The minimum atomic E-state index is -1.15. The normalized spacial score (nSPS) is 14.1. The zero-order valence-electron chi connectivity index (χ0n) is 9.79. The van der Waals surface area contributed by atoms with Crippen LogP contribution in [0.3, 0.4) is 0 Å². The van der Waals surface area contributed by atoms with Crippen molar-refractivity contribution < 1.29 is 19.7 Å². The first-order chi connectivity index (χ1) is 8.08. The van der Waals surface area contributed by atoms with E-state index in [9.17, 15) is 15.0 Å². The van der Waals surface area contributed by atoms with E-state index < -0.39 is 18.2 Å². The monoisotopic (exact) mass is 256 g/mol. The van der Waals surface area contributed by atoms with Gasteiger partial charge in [0.2, 0.25) is 0 Å². The second-order valence-corrected chi connectivity index (χ2v) is 4.45. The Morgan fingerprint density at radius 3 is 2.76 bits per heavy atom. The minimum Gasteiger partial charge on any atom is -0.469 e. The number of carbonyl (C=O) groups excluding carboxylic acids is 1. The van der Waals surface area contributed by atoms with Gasteiger partial charge in [0.05, 0.1) is 19.6 Å². The largest absolute Gasteiger partial charge is 0.469 e. The Morgan fingerprint density at radius 2 is 2.18 bits per heavy atom. The topological polar surface area (TPSA) is 66.8 Å². The number of carbonyl (C=O) groups is 1. The molecule has 1 rings (SSSR count). The summed E-state index contributed by atoms with van der Waals surface area (Å²) >= 11 is 1.55. The lowest BCUT2D eigenvalue weighted by Gasteiger charge is -2.17. The van der Waals surface area contributed by atoms with Gasteiger partial charge < -0.3 is 14.9 Å². The van der Waals surface area contributed by atoms with E-state index >= 15 is 0 Å². The number of ether oxygens (including phenoxy) is 1. The van der Waals surface area contributed by atoms with Crippen LogP contribution < -0.4 is 0 Å². The quantitative estimate of drug-likeness (QED) is 0.615. The zero-order valence-corrected chi connectivity index (χ0v) is 10.6. The Kier molecular flexibility index (Phi) is 5.47. The minimum absolute atomic E-state index is 0.221. The van der Waals surface area contributed by atoms with E-state index in [1.54, 1.807) is 30.0 Å². The summed E-state index contributed by atoms with van der Waals surface area (Å²) < 4.78 is 4.44. The summed E-state index contributed by atoms with van der Waals surface area (Å²) in [6.45, 7) is 0. The summed E-state index contributed by atoms with van der Waals surface area (Å²) in [5.41, 5.74) is 0.591. The molecule has 0 saturated heterocycles. The Labute approximate surface area is 105 Å². The number of hydrogen-bond acceptors (Lipinski definition) is 5. The molecule has 1 aromatic rings. The van der Waals surface area contributed by atoms with Crippen LogP contribution in [0, 0.1) is 0 Å². The fourth-order valence-electron chi connectivity index (χ4n) is 1.41. The van der Waals surface area contributed by atoms with Crippen LogP contribution in [0.15, 0.2) is 29.2 Å². The van der Waals surface area contributed by atoms with Gasteiger partial charge in [-0.25, -0.2) is 0 Å². The number of rotatable bonds is 5. The SMILES string of the molecule is COC(=O)CC(O)C(O)c1cccc(SC)c1. The number of esters is 1. The van der Waals surface area contributed by atoms with Crippen LogP contribution in [0.2, 0.25) is 0 Å². The first-order valence-corrected chi connectivity index (χ1v) is 6.38. The van der Waals surface area contributed by atoms with E-state index in [1.807, 2.05) is 12.3 Å². The van der Waals surface area contributed by atoms with Gasteiger partial charge in [-0.05, 0) is 24.0 Å². The molecule has 0 heterocycles. The molecule has 0 spiro atoms. The van der Waals surface area contributed by atoms with E-state index in [1.165, 1.54) is 7.11 Å². The maximum atomic E-state index is 11.0. The van der Waals surface area contributed by atoms with Crippen LogP contribution >= 0.6 is 11.8 Å². The molecule has 5 heteroatoms. The number of aliphatic hydroxyl groups excluding tert-OH is 2. The van der Waals surface area contributed by atoms with Crippen molar-refractivity contribution >= 4 is 17.7 Å². The number of aliphatic hydroxyl groups is 2. The third-order valence-electron chi connectivity index (χ3n) is 2.40. The van der Waals surface area contributed by atoms with Crippen LogP contribution in [0.4, 0.5) is 0 Å².